The van der Waals surface area contributed by atoms with Gasteiger partial charge in [-0.25, -0.2) is 0 Å². The number of aliphatic hydroxyl groups is 2. The Morgan fingerprint density at radius 1 is 0.677 bits per heavy atom. The highest BCUT2D eigenvalue weighted by Gasteiger charge is 2.16. The molecule has 3 aromatic rings. The second-order valence-corrected chi connectivity index (χ2v) is 8.28. The zero-order valence-corrected chi connectivity index (χ0v) is 19.5. The Morgan fingerprint density at radius 3 is 1.42 bits per heavy atom. The Labute approximate surface area is 186 Å². The van der Waals surface area contributed by atoms with Gasteiger partial charge in [0.15, 0.2) is 0 Å². The largest absolute Gasteiger partial charge is 0.456 e. The van der Waals surface area contributed by atoms with Gasteiger partial charge in [-0.05, 0) is 74.4 Å². The van der Waals surface area contributed by atoms with Crippen LogP contribution in [0.5, 0.6) is 0 Å². The van der Waals surface area contributed by atoms with Gasteiger partial charge in [0.1, 0.15) is 11.2 Å². The number of benzene rings is 2. The Kier molecular flexibility index (Phi) is 8.50. The van der Waals surface area contributed by atoms with Crippen LogP contribution >= 0.6 is 0 Å². The molecule has 5 heteroatoms. The highest BCUT2D eigenvalue weighted by molar-refractivity contribution is 6.05. The van der Waals surface area contributed by atoms with Crippen LogP contribution in [0.25, 0.3) is 21.9 Å². The Hall–Kier alpha value is -1.92. The molecule has 0 fully saturated rings. The van der Waals surface area contributed by atoms with Crippen molar-refractivity contribution < 1.29 is 14.6 Å². The maximum atomic E-state index is 10.7. The first kappa shape index (κ1) is 23.7. The summed E-state index contributed by atoms with van der Waals surface area (Å²) in [7, 11) is 0. The summed E-state index contributed by atoms with van der Waals surface area (Å²) in [6.07, 6.45) is 0.409. The highest BCUT2D eigenvalue weighted by atomic mass is 16.3. The monoisotopic (exact) mass is 426 g/mol. The molecule has 2 atom stereocenters. The van der Waals surface area contributed by atoms with E-state index in [1.54, 1.807) is 0 Å². The van der Waals surface area contributed by atoms with E-state index >= 15 is 0 Å². The second-order valence-electron chi connectivity index (χ2n) is 8.28. The van der Waals surface area contributed by atoms with Crippen LogP contribution < -0.4 is 0 Å². The molecule has 0 aliphatic heterocycles. The average Bonchev–Trinajstić information content (AvgIpc) is 3.17. The fourth-order valence-electron chi connectivity index (χ4n) is 4.25. The number of hydrogen-bond acceptors (Lipinski definition) is 5. The lowest BCUT2D eigenvalue weighted by molar-refractivity contribution is 0.145. The molecule has 0 bridgehead atoms. The predicted octanol–water partition coefficient (Wildman–Crippen LogP) is 5.12. The minimum absolute atomic E-state index is 0.502. The van der Waals surface area contributed by atoms with Crippen molar-refractivity contribution in [1.82, 2.24) is 9.80 Å². The van der Waals surface area contributed by atoms with E-state index in [-0.39, 0.29) is 0 Å². The maximum absolute atomic E-state index is 10.7. The van der Waals surface area contributed by atoms with Crippen LogP contribution in [0.4, 0.5) is 0 Å². The van der Waals surface area contributed by atoms with Gasteiger partial charge in [-0.3, -0.25) is 0 Å². The lowest BCUT2D eigenvalue weighted by Gasteiger charge is -2.20. The fraction of sp³-hybridized carbons (Fsp3) is 0.538. The molecule has 0 radical (unpaired) electrons. The van der Waals surface area contributed by atoms with E-state index in [1.165, 1.54) is 0 Å². The molecule has 1 heterocycles. The highest BCUT2D eigenvalue weighted by Crippen LogP contribution is 2.33. The van der Waals surface area contributed by atoms with Crippen molar-refractivity contribution in [1.29, 1.82) is 0 Å². The first-order chi connectivity index (χ1) is 15.0. The Morgan fingerprint density at radius 2 is 1.06 bits per heavy atom. The Balaban J connectivity index is 1.82. The molecule has 2 N–H and O–H groups in total. The summed E-state index contributed by atoms with van der Waals surface area (Å²) in [6.45, 7) is 14.3. The first-order valence-electron chi connectivity index (χ1n) is 11.8. The van der Waals surface area contributed by atoms with Gasteiger partial charge in [0, 0.05) is 23.9 Å². The maximum Gasteiger partial charge on any atom is 0.135 e. The minimum Gasteiger partial charge on any atom is -0.456 e. The van der Waals surface area contributed by atoms with Crippen LogP contribution in [-0.2, 0) is 0 Å². The number of fused-ring (bicyclic) bond motifs is 3. The fourth-order valence-corrected chi connectivity index (χ4v) is 4.25. The molecule has 31 heavy (non-hydrogen) atoms. The smallest absolute Gasteiger partial charge is 0.135 e. The van der Waals surface area contributed by atoms with E-state index in [9.17, 15) is 10.2 Å². The molecule has 0 aliphatic rings. The lowest BCUT2D eigenvalue weighted by atomic mass is 10.0. The van der Waals surface area contributed by atoms with E-state index in [4.69, 9.17) is 4.42 Å². The summed E-state index contributed by atoms with van der Waals surface area (Å²) in [5.41, 5.74) is 3.44. The summed E-state index contributed by atoms with van der Waals surface area (Å²) in [6, 6.07) is 11.9. The standard InChI is InChI=1S/C26H38N2O3/c1-5-27(6-2)15-13-23(29)19-9-11-25-21(17-19)22-18-20(10-12-26(22)31-25)24(30)14-16-28(7-3)8-4/h9-12,17-18,23-24,29-30H,5-8,13-16H2,1-4H3. The van der Waals surface area contributed by atoms with Crippen LogP contribution in [0.3, 0.4) is 0 Å². The Bertz CT molecular complexity index is 884. The van der Waals surface area contributed by atoms with Gasteiger partial charge in [-0.15, -0.1) is 0 Å². The van der Waals surface area contributed by atoms with E-state index in [0.717, 1.165) is 72.3 Å². The normalized spacial score (nSPS) is 14.2. The molecular weight excluding hydrogens is 388 g/mol. The first-order valence-corrected chi connectivity index (χ1v) is 11.8. The lowest BCUT2D eigenvalue weighted by Crippen LogP contribution is -2.25. The molecule has 170 valence electrons. The summed E-state index contributed by atoms with van der Waals surface area (Å²) in [4.78, 5) is 4.64. The van der Waals surface area contributed by atoms with Gasteiger partial charge >= 0.3 is 0 Å². The van der Waals surface area contributed by atoms with Gasteiger partial charge in [0.05, 0.1) is 12.2 Å². The molecule has 0 spiro atoms. The number of furan rings is 1. The number of rotatable bonds is 12. The average molecular weight is 427 g/mol. The summed E-state index contributed by atoms with van der Waals surface area (Å²) >= 11 is 0. The van der Waals surface area contributed by atoms with Crippen LogP contribution in [0.1, 0.15) is 63.9 Å². The van der Waals surface area contributed by atoms with Crippen molar-refractivity contribution in [2.75, 3.05) is 39.3 Å². The molecule has 0 saturated carbocycles. The van der Waals surface area contributed by atoms with E-state index in [0.29, 0.717) is 12.8 Å². The van der Waals surface area contributed by atoms with Gasteiger partial charge in [0.25, 0.3) is 0 Å². The summed E-state index contributed by atoms with van der Waals surface area (Å²) in [5, 5.41) is 23.5. The quantitative estimate of drug-likeness (QED) is 0.421. The molecule has 3 rings (SSSR count). The van der Waals surface area contributed by atoms with E-state index in [2.05, 4.69) is 37.5 Å². The molecule has 2 aromatic carbocycles. The summed E-state index contributed by atoms with van der Waals surface area (Å²) in [5.74, 6) is 0. The van der Waals surface area contributed by atoms with E-state index in [1.807, 2.05) is 36.4 Å². The zero-order chi connectivity index (χ0) is 22.4. The topological polar surface area (TPSA) is 60.1 Å². The predicted molar refractivity (Wildman–Crippen MR) is 128 cm³/mol. The van der Waals surface area contributed by atoms with Crippen molar-refractivity contribution in [2.45, 2.75) is 52.7 Å². The third-order valence-corrected chi connectivity index (χ3v) is 6.51. The van der Waals surface area contributed by atoms with Gasteiger partial charge in [-0.2, -0.15) is 0 Å². The van der Waals surface area contributed by atoms with Crippen LogP contribution in [0, 0.1) is 0 Å². The van der Waals surface area contributed by atoms with Crippen molar-refractivity contribution >= 4 is 21.9 Å². The molecule has 0 amide bonds. The molecule has 0 aliphatic carbocycles. The third-order valence-electron chi connectivity index (χ3n) is 6.51. The van der Waals surface area contributed by atoms with Gasteiger partial charge < -0.3 is 24.4 Å². The number of aliphatic hydroxyl groups excluding tert-OH is 2. The minimum atomic E-state index is -0.502. The summed E-state index contributed by atoms with van der Waals surface area (Å²) < 4.78 is 6.01. The van der Waals surface area contributed by atoms with E-state index < -0.39 is 12.2 Å². The van der Waals surface area contributed by atoms with Crippen molar-refractivity contribution in [3.05, 3.63) is 47.5 Å². The molecule has 0 saturated heterocycles. The molecular formula is C26H38N2O3. The molecule has 5 nitrogen and oxygen atoms in total. The molecule has 2 unspecified atom stereocenters. The van der Waals surface area contributed by atoms with Gasteiger partial charge in [-0.1, -0.05) is 39.8 Å². The van der Waals surface area contributed by atoms with Gasteiger partial charge in [0.2, 0.25) is 0 Å². The number of hydrogen-bond donors (Lipinski definition) is 2. The second kappa shape index (κ2) is 11.1. The van der Waals surface area contributed by atoms with Crippen LogP contribution in [-0.4, -0.2) is 59.3 Å². The SMILES string of the molecule is CCN(CC)CCC(O)c1ccc2oc3ccc(C(O)CCN(CC)CC)cc3c2c1. The molecule has 1 aromatic heterocycles. The van der Waals surface area contributed by atoms with Crippen molar-refractivity contribution in [3.63, 3.8) is 0 Å². The third kappa shape index (κ3) is 5.66. The number of nitrogens with zero attached hydrogens (tertiary/aromatic N) is 2. The van der Waals surface area contributed by atoms with Crippen molar-refractivity contribution in [2.24, 2.45) is 0 Å². The van der Waals surface area contributed by atoms with Crippen LogP contribution in [0.15, 0.2) is 40.8 Å². The van der Waals surface area contributed by atoms with Crippen molar-refractivity contribution in [3.8, 4) is 0 Å². The zero-order valence-electron chi connectivity index (χ0n) is 19.5. The van der Waals surface area contributed by atoms with Crippen LogP contribution in [0.2, 0.25) is 0 Å².